The fraction of sp³-hybridized carbons (Fsp3) is 0.455. The molecule has 5 heteroatoms. The number of hydrogen-bond acceptors (Lipinski definition) is 3. The second kappa shape index (κ2) is 6.44. The van der Waals surface area contributed by atoms with Crippen LogP contribution in [0.5, 0.6) is 5.75 Å². The van der Waals surface area contributed by atoms with Crippen LogP contribution in [0, 0.1) is 3.57 Å². The molecular formula is C11H15IO3S. The summed E-state index contributed by atoms with van der Waals surface area (Å²) in [6.07, 6.45) is 0.658. The van der Waals surface area contributed by atoms with Gasteiger partial charge in [0.15, 0.2) is 9.84 Å². The van der Waals surface area contributed by atoms with Gasteiger partial charge in [0.1, 0.15) is 12.4 Å². The Labute approximate surface area is 110 Å². The SMILES string of the molecule is CCCS(=O)(=O)CCOc1cccc(I)c1. The molecule has 0 heterocycles. The molecule has 0 aromatic heterocycles. The average Bonchev–Trinajstić information content (AvgIpc) is 2.17. The van der Waals surface area contributed by atoms with Crippen LogP contribution in [-0.2, 0) is 9.84 Å². The minimum absolute atomic E-state index is 0.0896. The molecule has 0 aliphatic heterocycles. The third kappa shape index (κ3) is 5.16. The molecule has 0 unspecified atom stereocenters. The van der Waals surface area contributed by atoms with Crippen LogP contribution in [0.15, 0.2) is 24.3 Å². The van der Waals surface area contributed by atoms with Crippen LogP contribution < -0.4 is 4.74 Å². The topological polar surface area (TPSA) is 43.4 Å². The van der Waals surface area contributed by atoms with Crippen LogP contribution in [0.25, 0.3) is 0 Å². The average molecular weight is 354 g/mol. The highest BCUT2D eigenvalue weighted by molar-refractivity contribution is 14.1. The predicted molar refractivity (Wildman–Crippen MR) is 73.6 cm³/mol. The molecule has 0 N–H and O–H groups in total. The number of benzene rings is 1. The second-order valence-electron chi connectivity index (χ2n) is 3.46. The zero-order chi connectivity index (χ0) is 12.0. The molecule has 16 heavy (non-hydrogen) atoms. The van der Waals surface area contributed by atoms with E-state index in [9.17, 15) is 8.42 Å². The van der Waals surface area contributed by atoms with E-state index in [1.54, 1.807) is 0 Å². The van der Waals surface area contributed by atoms with E-state index in [2.05, 4.69) is 22.6 Å². The van der Waals surface area contributed by atoms with Crippen molar-refractivity contribution < 1.29 is 13.2 Å². The third-order valence-corrected chi connectivity index (χ3v) is 4.46. The number of ether oxygens (including phenoxy) is 1. The van der Waals surface area contributed by atoms with Gasteiger partial charge in [-0.1, -0.05) is 13.0 Å². The molecule has 0 radical (unpaired) electrons. The van der Waals surface area contributed by atoms with E-state index in [0.29, 0.717) is 6.42 Å². The third-order valence-electron chi connectivity index (χ3n) is 1.97. The first-order valence-corrected chi connectivity index (χ1v) is 8.02. The van der Waals surface area contributed by atoms with E-state index in [1.165, 1.54) is 0 Å². The fourth-order valence-corrected chi connectivity index (χ4v) is 2.93. The van der Waals surface area contributed by atoms with Gasteiger partial charge in [-0.3, -0.25) is 0 Å². The van der Waals surface area contributed by atoms with Crippen LogP contribution in [0.3, 0.4) is 0 Å². The van der Waals surface area contributed by atoms with E-state index in [-0.39, 0.29) is 18.1 Å². The monoisotopic (exact) mass is 354 g/mol. The summed E-state index contributed by atoms with van der Waals surface area (Å²) in [6.45, 7) is 2.08. The second-order valence-corrected chi connectivity index (χ2v) is 7.01. The van der Waals surface area contributed by atoms with Gasteiger partial charge in [-0.25, -0.2) is 8.42 Å². The molecule has 0 atom stereocenters. The van der Waals surface area contributed by atoms with Gasteiger partial charge in [0, 0.05) is 3.57 Å². The van der Waals surface area contributed by atoms with E-state index >= 15 is 0 Å². The van der Waals surface area contributed by atoms with Crippen molar-refractivity contribution in [1.82, 2.24) is 0 Å². The van der Waals surface area contributed by atoms with E-state index in [0.717, 1.165) is 9.32 Å². The van der Waals surface area contributed by atoms with Crippen molar-refractivity contribution in [1.29, 1.82) is 0 Å². The Morgan fingerprint density at radius 2 is 2.06 bits per heavy atom. The smallest absolute Gasteiger partial charge is 0.153 e. The maximum atomic E-state index is 11.4. The molecule has 90 valence electrons. The molecule has 1 rings (SSSR count). The number of hydrogen-bond donors (Lipinski definition) is 0. The maximum Gasteiger partial charge on any atom is 0.153 e. The summed E-state index contributed by atoms with van der Waals surface area (Å²) in [5.74, 6) is 1.05. The Morgan fingerprint density at radius 1 is 1.31 bits per heavy atom. The normalized spacial score (nSPS) is 11.4. The number of sulfone groups is 1. The van der Waals surface area contributed by atoms with Crippen molar-refractivity contribution >= 4 is 32.4 Å². The number of rotatable bonds is 6. The molecule has 0 fully saturated rings. The van der Waals surface area contributed by atoms with Crippen molar-refractivity contribution in [3.05, 3.63) is 27.8 Å². The molecule has 0 saturated heterocycles. The summed E-state index contributed by atoms with van der Waals surface area (Å²) in [6, 6.07) is 7.56. The van der Waals surface area contributed by atoms with Crippen LogP contribution in [0.1, 0.15) is 13.3 Å². The van der Waals surface area contributed by atoms with Crippen molar-refractivity contribution in [3.63, 3.8) is 0 Å². The van der Waals surface area contributed by atoms with Crippen LogP contribution in [0.2, 0.25) is 0 Å². The highest BCUT2D eigenvalue weighted by Gasteiger charge is 2.09. The molecule has 0 aliphatic rings. The molecule has 3 nitrogen and oxygen atoms in total. The van der Waals surface area contributed by atoms with Crippen molar-refractivity contribution in [3.8, 4) is 5.75 Å². The lowest BCUT2D eigenvalue weighted by Gasteiger charge is -2.06. The van der Waals surface area contributed by atoms with Crippen LogP contribution in [-0.4, -0.2) is 26.5 Å². The first-order chi connectivity index (χ1) is 7.53. The van der Waals surface area contributed by atoms with Gasteiger partial charge in [0.2, 0.25) is 0 Å². The van der Waals surface area contributed by atoms with Gasteiger partial charge >= 0.3 is 0 Å². The quantitative estimate of drug-likeness (QED) is 0.738. The molecule has 0 spiro atoms. The summed E-state index contributed by atoms with van der Waals surface area (Å²) in [4.78, 5) is 0. The lowest BCUT2D eigenvalue weighted by Crippen LogP contribution is -2.16. The summed E-state index contributed by atoms with van der Waals surface area (Å²) in [7, 11) is -2.94. The van der Waals surface area contributed by atoms with E-state index in [4.69, 9.17) is 4.74 Å². The molecule has 0 aliphatic carbocycles. The van der Waals surface area contributed by atoms with Gasteiger partial charge in [-0.05, 0) is 47.2 Å². The highest BCUT2D eigenvalue weighted by Crippen LogP contribution is 2.14. The molecule has 1 aromatic rings. The fourth-order valence-electron chi connectivity index (χ4n) is 1.26. The minimum Gasteiger partial charge on any atom is -0.493 e. The van der Waals surface area contributed by atoms with Gasteiger partial charge < -0.3 is 4.74 Å². The largest absolute Gasteiger partial charge is 0.493 e. The van der Waals surface area contributed by atoms with Gasteiger partial charge in [-0.2, -0.15) is 0 Å². The summed E-state index contributed by atoms with van der Waals surface area (Å²) >= 11 is 2.19. The Kier molecular flexibility index (Phi) is 5.54. The highest BCUT2D eigenvalue weighted by atomic mass is 127. The molecule has 0 bridgehead atoms. The van der Waals surface area contributed by atoms with E-state index < -0.39 is 9.84 Å². The molecule has 1 aromatic carbocycles. The Balaban J connectivity index is 2.42. The molecule has 0 saturated carbocycles. The van der Waals surface area contributed by atoms with Gasteiger partial charge in [-0.15, -0.1) is 0 Å². The van der Waals surface area contributed by atoms with Crippen LogP contribution in [0.4, 0.5) is 0 Å². The number of halogens is 1. The van der Waals surface area contributed by atoms with Crippen LogP contribution >= 0.6 is 22.6 Å². The van der Waals surface area contributed by atoms with Crippen molar-refractivity contribution in [2.75, 3.05) is 18.1 Å². The summed E-state index contributed by atoms with van der Waals surface area (Å²) in [5.41, 5.74) is 0. The summed E-state index contributed by atoms with van der Waals surface area (Å²) < 4.78 is 29.3. The first-order valence-electron chi connectivity index (χ1n) is 5.12. The zero-order valence-corrected chi connectivity index (χ0v) is 12.1. The lowest BCUT2D eigenvalue weighted by atomic mass is 10.3. The van der Waals surface area contributed by atoms with Gasteiger partial charge in [0.25, 0.3) is 0 Å². The molecule has 0 amide bonds. The van der Waals surface area contributed by atoms with Crippen molar-refractivity contribution in [2.24, 2.45) is 0 Å². The minimum atomic E-state index is -2.94. The predicted octanol–water partition coefficient (Wildman–Crippen LogP) is 2.49. The van der Waals surface area contributed by atoms with Gasteiger partial charge in [0.05, 0.1) is 11.5 Å². The standard InChI is InChI=1S/C11H15IO3S/c1-2-7-16(13,14)8-6-15-11-5-3-4-10(12)9-11/h3-5,9H,2,6-8H2,1H3. The Hall–Kier alpha value is -0.300. The maximum absolute atomic E-state index is 11.4. The lowest BCUT2D eigenvalue weighted by molar-refractivity contribution is 0.340. The zero-order valence-electron chi connectivity index (χ0n) is 9.15. The Bertz CT molecular complexity index is 429. The Morgan fingerprint density at radius 3 is 2.69 bits per heavy atom. The summed E-state index contributed by atoms with van der Waals surface area (Å²) in [5, 5.41) is 0. The van der Waals surface area contributed by atoms with Crippen molar-refractivity contribution in [2.45, 2.75) is 13.3 Å². The first kappa shape index (κ1) is 13.8. The molecular weight excluding hydrogens is 339 g/mol. The van der Waals surface area contributed by atoms with E-state index in [1.807, 2.05) is 31.2 Å².